The molecule has 1 amide bonds. The SMILES string of the molecule is Cc1ccc2[nH]c(C3CCCN(C(=O)CCc4ccccc4)C3)cc2c1. The second-order valence-electron chi connectivity index (χ2n) is 7.48. The Morgan fingerprint density at radius 1 is 1.15 bits per heavy atom. The number of hydrogen-bond acceptors (Lipinski definition) is 1. The van der Waals surface area contributed by atoms with Crippen molar-refractivity contribution in [1.82, 2.24) is 9.88 Å². The number of amides is 1. The topological polar surface area (TPSA) is 36.1 Å². The zero-order valence-electron chi connectivity index (χ0n) is 15.4. The Bertz CT molecular complexity index is 897. The van der Waals surface area contributed by atoms with Gasteiger partial charge in [-0.1, -0.05) is 42.0 Å². The average Bonchev–Trinajstić information content (AvgIpc) is 3.10. The van der Waals surface area contributed by atoms with Gasteiger partial charge in [-0.25, -0.2) is 0 Å². The Labute approximate surface area is 155 Å². The van der Waals surface area contributed by atoms with Gasteiger partial charge < -0.3 is 9.88 Å². The molecule has 2 heterocycles. The van der Waals surface area contributed by atoms with Crippen molar-refractivity contribution < 1.29 is 4.79 Å². The predicted molar refractivity (Wildman–Crippen MR) is 106 cm³/mol. The molecule has 3 heteroatoms. The maximum Gasteiger partial charge on any atom is 0.222 e. The lowest BCUT2D eigenvalue weighted by Crippen LogP contribution is -2.39. The van der Waals surface area contributed by atoms with Crippen molar-refractivity contribution in [2.24, 2.45) is 0 Å². The van der Waals surface area contributed by atoms with Crippen molar-refractivity contribution in [3.8, 4) is 0 Å². The number of carbonyl (C=O) groups excluding carboxylic acids is 1. The van der Waals surface area contributed by atoms with Crippen LogP contribution in [-0.4, -0.2) is 28.9 Å². The molecule has 134 valence electrons. The van der Waals surface area contributed by atoms with Gasteiger partial charge in [0.05, 0.1) is 0 Å². The fraction of sp³-hybridized carbons (Fsp3) is 0.348. The van der Waals surface area contributed by atoms with Crippen LogP contribution in [0.25, 0.3) is 10.9 Å². The third kappa shape index (κ3) is 3.67. The number of aromatic nitrogens is 1. The van der Waals surface area contributed by atoms with Gasteiger partial charge in [0.25, 0.3) is 0 Å². The lowest BCUT2D eigenvalue weighted by Gasteiger charge is -2.32. The monoisotopic (exact) mass is 346 g/mol. The third-order valence-electron chi connectivity index (χ3n) is 5.48. The summed E-state index contributed by atoms with van der Waals surface area (Å²) in [5, 5.41) is 1.27. The molecule has 0 aliphatic carbocycles. The fourth-order valence-corrected chi connectivity index (χ4v) is 4.01. The Balaban J connectivity index is 1.42. The molecule has 0 bridgehead atoms. The first-order valence-corrected chi connectivity index (χ1v) is 9.60. The number of benzene rings is 2. The van der Waals surface area contributed by atoms with Crippen LogP contribution in [0, 0.1) is 6.92 Å². The normalized spacial score (nSPS) is 17.6. The first kappa shape index (κ1) is 16.9. The van der Waals surface area contributed by atoms with Crippen LogP contribution in [0.3, 0.4) is 0 Å². The average molecular weight is 346 g/mol. The van der Waals surface area contributed by atoms with Crippen LogP contribution < -0.4 is 0 Å². The van der Waals surface area contributed by atoms with Crippen LogP contribution >= 0.6 is 0 Å². The van der Waals surface area contributed by atoms with Crippen LogP contribution in [0.1, 0.15) is 42.0 Å². The van der Waals surface area contributed by atoms with E-state index in [1.165, 1.54) is 27.7 Å². The first-order valence-electron chi connectivity index (χ1n) is 9.60. The minimum Gasteiger partial charge on any atom is -0.358 e. The molecule has 4 rings (SSSR count). The quantitative estimate of drug-likeness (QED) is 0.723. The van der Waals surface area contributed by atoms with Gasteiger partial charge >= 0.3 is 0 Å². The van der Waals surface area contributed by atoms with Crippen LogP contribution in [0.2, 0.25) is 0 Å². The minimum absolute atomic E-state index is 0.283. The zero-order chi connectivity index (χ0) is 17.9. The standard InChI is InChI=1S/C23H26N2O/c1-17-9-11-21-20(14-17)15-22(24-21)19-8-5-13-25(16-19)23(26)12-10-18-6-3-2-4-7-18/h2-4,6-7,9,11,14-15,19,24H,5,8,10,12-13,16H2,1H3. The summed E-state index contributed by atoms with van der Waals surface area (Å²) in [6.07, 6.45) is 3.65. The third-order valence-corrected chi connectivity index (χ3v) is 5.48. The molecule has 0 saturated carbocycles. The van der Waals surface area contributed by atoms with Gasteiger partial charge in [0.1, 0.15) is 0 Å². The van der Waals surface area contributed by atoms with Crippen molar-refractivity contribution in [1.29, 1.82) is 0 Å². The molecule has 26 heavy (non-hydrogen) atoms. The summed E-state index contributed by atoms with van der Waals surface area (Å²) in [5.74, 6) is 0.697. The Morgan fingerprint density at radius 2 is 2.00 bits per heavy atom. The van der Waals surface area contributed by atoms with Crippen LogP contribution in [0.15, 0.2) is 54.6 Å². The Morgan fingerprint density at radius 3 is 2.85 bits per heavy atom. The number of nitrogens with one attached hydrogen (secondary N) is 1. The van der Waals surface area contributed by atoms with E-state index < -0.39 is 0 Å². The Kier molecular flexibility index (Phi) is 4.79. The lowest BCUT2D eigenvalue weighted by atomic mass is 9.94. The molecular weight excluding hydrogens is 320 g/mol. The summed E-state index contributed by atoms with van der Waals surface area (Å²) in [6.45, 7) is 3.85. The molecule has 1 fully saturated rings. The number of nitrogens with zero attached hydrogens (tertiary/aromatic N) is 1. The number of aromatic amines is 1. The van der Waals surface area contributed by atoms with Crippen LogP contribution in [-0.2, 0) is 11.2 Å². The van der Waals surface area contributed by atoms with Crippen LogP contribution in [0.4, 0.5) is 0 Å². The summed E-state index contributed by atoms with van der Waals surface area (Å²) in [4.78, 5) is 18.3. The molecule has 3 nitrogen and oxygen atoms in total. The minimum atomic E-state index is 0.283. The summed E-state index contributed by atoms with van der Waals surface area (Å²) >= 11 is 0. The van der Waals surface area contributed by atoms with Gasteiger partial charge in [0.15, 0.2) is 0 Å². The number of aryl methyl sites for hydroxylation is 2. The van der Waals surface area contributed by atoms with E-state index in [-0.39, 0.29) is 5.91 Å². The summed E-state index contributed by atoms with van der Waals surface area (Å²) in [7, 11) is 0. The number of hydrogen-bond donors (Lipinski definition) is 1. The van der Waals surface area contributed by atoms with E-state index >= 15 is 0 Å². The van der Waals surface area contributed by atoms with E-state index in [2.05, 4.69) is 53.2 Å². The number of piperidine rings is 1. The molecule has 0 spiro atoms. The van der Waals surface area contributed by atoms with Gasteiger partial charge in [0.2, 0.25) is 5.91 Å². The van der Waals surface area contributed by atoms with Crippen molar-refractivity contribution in [2.45, 2.75) is 38.5 Å². The largest absolute Gasteiger partial charge is 0.358 e. The number of carbonyl (C=O) groups is 1. The highest BCUT2D eigenvalue weighted by atomic mass is 16.2. The highest BCUT2D eigenvalue weighted by Crippen LogP contribution is 2.29. The molecule has 1 N–H and O–H groups in total. The number of likely N-dealkylation sites (tertiary alicyclic amines) is 1. The molecular formula is C23H26N2O. The van der Waals surface area contributed by atoms with Crippen molar-refractivity contribution in [3.63, 3.8) is 0 Å². The molecule has 2 aromatic carbocycles. The smallest absolute Gasteiger partial charge is 0.222 e. The summed E-state index contributed by atoms with van der Waals surface area (Å²) < 4.78 is 0. The van der Waals surface area contributed by atoms with Crippen molar-refractivity contribution in [3.05, 3.63) is 71.4 Å². The van der Waals surface area contributed by atoms with Gasteiger partial charge in [-0.3, -0.25) is 4.79 Å². The van der Waals surface area contributed by atoms with E-state index in [1.807, 2.05) is 18.2 Å². The molecule has 1 unspecified atom stereocenters. The van der Waals surface area contributed by atoms with Crippen molar-refractivity contribution in [2.75, 3.05) is 13.1 Å². The number of H-pyrrole nitrogens is 1. The van der Waals surface area contributed by atoms with Gasteiger partial charge in [-0.15, -0.1) is 0 Å². The van der Waals surface area contributed by atoms with E-state index in [0.717, 1.165) is 32.4 Å². The van der Waals surface area contributed by atoms with E-state index in [9.17, 15) is 4.79 Å². The van der Waals surface area contributed by atoms with E-state index in [4.69, 9.17) is 0 Å². The highest BCUT2D eigenvalue weighted by Gasteiger charge is 2.25. The number of rotatable bonds is 4. The molecule has 1 aliphatic heterocycles. The van der Waals surface area contributed by atoms with E-state index in [0.29, 0.717) is 12.3 Å². The zero-order valence-corrected chi connectivity index (χ0v) is 15.4. The molecule has 1 atom stereocenters. The first-order chi connectivity index (χ1) is 12.7. The number of fused-ring (bicyclic) bond motifs is 1. The summed E-state index contributed by atoms with van der Waals surface area (Å²) in [5.41, 5.74) is 4.98. The predicted octanol–water partition coefficient (Wildman–Crippen LogP) is 4.82. The van der Waals surface area contributed by atoms with Gasteiger partial charge in [0, 0.05) is 36.6 Å². The van der Waals surface area contributed by atoms with Gasteiger partial charge in [-0.05, 0) is 55.3 Å². The maximum atomic E-state index is 12.7. The second kappa shape index (κ2) is 7.36. The summed E-state index contributed by atoms with van der Waals surface area (Å²) in [6, 6.07) is 19.1. The Hall–Kier alpha value is -2.55. The van der Waals surface area contributed by atoms with Crippen molar-refractivity contribution >= 4 is 16.8 Å². The molecule has 3 aromatic rings. The fourth-order valence-electron chi connectivity index (χ4n) is 4.01. The van der Waals surface area contributed by atoms with E-state index in [1.54, 1.807) is 0 Å². The second-order valence-corrected chi connectivity index (χ2v) is 7.48. The molecule has 1 saturated heterocycles. The lowest BCUT2D eigenvalue weighted by molar-refractivity contribution is -0.132. The molecule has 0 radical (unpaired) electrons. The molecule has 1 aromatic heterocycles. The van der Waals surface area contributed by atoms with Crippen LogP contribution in [0.5, 0.6) is 0 Å². The highest BCUT2D eigenvalue weighted by molar-refractivity contribution is 5.81. The van der Waals surface area contributed by atoms with Gasteiger partial charge in [-0.2, -0.15) is 0 Å². The molecule has 1 aliphatic rings. The maximum absolute atomic E-state index is 12.7.